The van der Waals surface area contributed by atoms with Gasteiger partial charge in [0, 0.05) is 43.0 Å². The fourth-order valence-electron chi connectivity index (χ4n) is 3.46. The first kappa shape index (κ1) is 34.8. The number of nitrogens with two attached hydrogens (primary N) is 1. The molecule has 0 aromatic heterocycles. The molecule has 1 rings (SSSR count). The monoisotopic (exact) mass is 620 g/mol. The highest BCUT2D eigenvalue weighted by Crippen LogP contribution is 2.69. The molecule has 1 aromatic carbocycles. The number of rotatable bonds is 16. The minimum atomic E-state index is -5.60. The van der Waals surface area contributed by atoms with Crippen LogP contribution in [-0.2, 0) is 25.1 Å². The van der Waals surface area contributed by atoms with Crippen LogP contribution in [-0.4, -0.2) is 84.6 Å². The fourth-order valence-corrected chi connectivity index (χ4v) is 6.07. The van der Waals surface area contributed by atoms with Crippen molar-refractivity contribution < 1.29 is 43.4 Å². The number of amides is 2. The first-order valence-electron chi connectivity index (χ1n) is 11.6. The van der Waals surface area contributed by atoms with E-state index in [9.17, 15) is 43.4 Å². The van der Waals surface area contributed by atoms with E-state index in [4.69, 9.17) is 28.9 Å². The molecule has 1 aromatic rings. The summed E-state index contributed by atoms with van der Waals surface area (Å²) in [5.41, 5.74) is 7.72. The van der Waals surface area contributed by atoms with Gasteiger partial charge in [-0.25, -0.2) is 0 Å². The van der Waals surface area contributed by atoms with E-state index in [0.717, 1.165) is 11.3 Å². The molecule has 218 valence electrons. The van der Waals surface area contributed by atoms with E-state index < -0.39 is 56.6 Å². The number of nitrogens with one attached hydrogen (secondary N) is 2. The zero-order chi connectivity index (χ0) is 29.3. The molecule has 0 aliphatic heterocycles. The highest BCUT2D eigenvalue weighted by molar-refractivity contribution is 7.72. The largest absolute Gasteiger partial charge is 0.369 e. The van der Waals surface area contributed by atoms with Crippen LogP contribution in [0.3, 0.4) is 0 Å². The Morgan fingerprint density at radius 3 is 1.92 bits per heavy atom. The number of anilines is 1. The van der Waals surface area contributed by atoms with Gasteiger partial charge in [-0.15, -0.1) is 23.2 Å². The number of hydrogen-bond donors (Lipinski definition) is 8. The van der Waals surface area contributed by atoms with Crippen molar-refractivity contribution >= 4 is 55.9 Å². The third-order valence-electron chi connectivity index (χ3n) is 5.79. The maximum absolute atomic E-state index is 12.5. The van der Waals surface area contributed by atoms with Gasteiger partial charge in [0.25, 0.3) is 5.08 Å². The minimum Gasteiger partial charge on any atom is -0.369 e. The van der Waals surface area contributed by atoms with Crippen LogP contribution in [0.4, 0.5) is 5.69 Å². The lowest BCUT2D eigenvalue weighted by molar-refractivity contribution is -0.129. The number of benzene rings is 1. The highest BCUT2D eigenvalue weighted by Gasteiger charge is 2.58. The summed E-state index contributed by atoms with van der Waals surface area (Å²) in [7, 11) is -11.2. The van der Waals surface area contributed by atoms with Crippen LogP contribution in [0.5, 0.6) is 0 Å². The first-order chi connectivity index (χ1) is 17.5. The van der Waals surface area contributed by atoms with Gasteiger partial charge in [0.1, 0.15) is 6.04 Å². The van der Waals surface area contributed by atoms with Crippen molar-refractivity contribution in [3.63, 3.8) is 0 Å². The summed E-state index contributed by atoms with van der Waals surface area (Å²) in [6, 6.07) is 4.54. The molecule has 2 amide bonds. The molecule has 0 radical (unpaired) electrons. The molecule has 3 atom stereocenters. The first-order valence-corrected chi connectivity index (χ1v) is 15.9. The SMILES string of the molecule is CC(CCC(O)(P(=O)(O)O)P(=O)(O)O)NC(=O)[C@H](C)NC(=O)[C@@H](N)Cc1ccc(N(CCCl)CCCl)cc1. The Hall–Kier alpha value is -1.24. The quantitative estimate of drug-likeness (QED) is 0.0945. The molecule has 0 fully saturated rings. The van der Waals surface area contributed by atoms with Crippen LogP contribution in [0.25, 0.3) is 0 Å². The van der Waals surface area contributed by atoms with E-state index in [2.05, 4.69) is 10.6 Å². The van der Waals surface area contributed by atoms with Crippen LogP contribution in [0.2, 0.25) is 0 Å². The number of hydrogen-bond acceptors (Lipinski definition) is 7. The van der Waals surface area contributed by atoms with Crippen molar-refractivity contribution in [3.8, 4) is 0 Å². The lowest BCUT2D eigenvalue weighted by atomic mass is 10.0. The third kappa shape index (κ3) is 10.1. The van der Waals surface area contributed by atoms with Crippen LogP contribution in [0.15, 0.2) is 24.3 Å². The predicted octanol–water partition coefficient (Wildman–Crippen LogP) is 0.632. The lowest BCUT2D eigenvalue weighted by Crippen LogP contribution is -2.52. The highest BCUT2D eigenvalue weighted by atomic mass is 35.5. The van der Waals surface area contributed by atoms with Crippen molar-refractivity contribution in [2.45, 2.75) is 56.3 Å². The molecule has 0 saturated carbocycles. The maximum Gasteiger partial charge on any atom is 0.369 e. The van der Waals surface area contributed by atoms with Gasteiger partial charge in [-0.2, -0.15) is 0 Å². The number of halogens is 2. The molecule has 0 saturated heterocycles. The maximum atomic E-state index is 12.5. The minimum absolute atomic E-state index is 0.200. The Kier molecular flexibility index (Phi) is 13.7. The summed E-state index contributed by atoms with van der Waals surface area (Å²) in [5.74, 6) is -0.376. The Labute approximate surface area is 231 Å². The Morgan fingerprint density at radius 1 is 0.974 bits per heavy atom. The summed E-state index contributed by atoms with van der Waals surface area (Å²) < 4.78 is 22.9. The van der Waals surface area contributed by atoms with Crippen LogP contribution >= 0.6 is 38.4 Å². The number of aliphatic hydroxyl groups is 1. The van der Waals surface area contributed by atoms with E-state index in [1.54, 1.807) is 0 Å². The number of nitrogens with zero attached hydrogens (tertiary/aromatic N) is 1. The van der Waals surface area contributed by atoms with E-state index in [0.29, 0.717) is 24.8 Å². The number of alkyl halides is 2. The van der Waals surface area contributed by atoms with Gasteiger partial charge < -0.3 is 45.9 Å². The van der Waals surface area contributed by atoms with Gasteiger partial charge in [0.15, 0.2) is 0 Å². The van der Waals surface area contributed by atoms with E-state index in [1.807, 2.05) is 29.2 Å². The van der Waals surface area contributed by atoms with E-state index >= 15 is 0 Å². The summed E-state index contributed by atoms with van der Waals surface area (Å²) in [6.07, 6.45) is -1.16. The summed E-state index contributed by atoms with van der Waals surface area (Å²) in [5, 5.41) is 11.3. The Balaban J connectivity index is 2.65. The van der Waals surface area contributed by atoms with Gasteiger partial charge in [-0.3, -0.25) is 18.7 Å². The molecule has 1 unspecified atom stereocenters. The second-order valence-electron chi connectivity index (χ2n) is 8.88. The summed E-state index contributed by atoms with van der Waals surface area (Å²) >= 11 is 11.7. The molecule has 38 heavy (non-hydrogen) atoms. The zero-order valence-electron chi connectivity index (χ0n) is 21.0. The van der Waals surface area contributed by atoms with Crippen molar-refractivity contribution in [2.24, 2.45) is 5.73 Å². The smallest absolute Gasteiger partial charge is 0.369 e. The van der Waals surface area contributed by atoms with Gasteiger partial charge >= 0.3 is 15.2 Å². The number of carbonyl (C=O) groups excluding carboxylic acids is 2. The molecular weight excluding hydrogens is 585 g/mol. The molecule has 0 aliphatic rings. The second-order valence-corrected chi connectivity index (χ2v) is 13.6. The van der Waals surface area contributed by atoms with E-state index in [-0.39, 0.29) is 12.8 Å². The molecule has 0 heterocycles. The standard InChI is InChI=1S/C21H36Cl2N4O9P2/c1-14(7-8-21(30,37(31,32)33)38(34,35)36)25-19(28)15(2)26-20(29)18(24)13-16-3-5-17(6-4-16)27(11-9-22)12-10-23/h3-6,14-15,18,30H,7-13,24H2,1-2H3,(H,25,28)(H,26,29)(H2,31,32,33)(H2,34,35,36)/t14?,15-,18-/m0/s1. The predicted molar refractivity (Wildman–Crippen MR) is 145 cm³/mol. The lowest BCUT2D eigenvalue weighted by Gasteiger charge is -2.30. The molecular formula is C21H36Cl2N4O9P2. The average molecular weight is 621 g/mol. The van der Waals surface area contributed by atoms with Crippen molar-refractivity contribution in [1.82, 2.24) is 10.6 Å². The van der Waals surface area contributed by atoms with Gasteiger partial charge in [-0.1, -0.05) is 12.1 Å². The normalized spacial score (nSPS) is 14.9. The van der Waals surface area contributed by atoms with Gasteiger partial charge in [0.05, 0.1) is 6.04 Å². The van der Waals surface area contributed by atoms with Crippen molar-refractivity contribution in [2.75, 3.05) is 29.7 Å². The van der Waals surface area contributed by atoms with Crippen molar-refractivity contribution in [1.29, 1.82) is 0 Å². The summed E-state index contributed by atoms with van der Waals surface area (Å²) in [4.78, 5) is 63.8. The molecule has 0 aliphatic carbocycles. The topological polar surface area (TPSA) is 223 Å². The molecule has 0 bridgehead atoms. The molecule has 13 nitrogen and oxygen atoms in total. The average Bonchev–Trinajstić information content (AvgIpc) is 2.81. The third-order valence-corrected chi connectivity index (χ3v) is 10.0. The molecule has 0 spiro atoms. The van der Waals surface area contributed by atoms with E-state index in [1.165, 1.54) is 13.8 Å². The molecule has 9 N–H and O–H groups in total. The van der Waals surface area contributed by atoms with Crippen LogP contribution in [0.1, 0.15) is 32.3 Å². The molecule has 17 heteroatoms. The van der Waals surface area contributed by atoms with Crippen LogP contribution in [0, 0.1) is 0 Å². The Bertz CT molecular complexity index is 994. The van der Waals surface area contributed by atoms with Gasteiger partial charge in [-0.05, 0) is 44.4 Å². The van der Waals surface area contributed by atoms with Gasteiger partial charge in [0.2, 0.25) is 11.8 Å². The zero-order valence-corrected chi connectivity index (χ0v) is 24.3. The Morgan fingerprint density at radius 2 is 1.47 bits per heavy atom. The fraction of sp³-hybridized carbons (Fsp3) is 0.619. The summed E-state index contributed by atoms with van der Waals surface area (Å²) in [6.45, 7) is 4.05. The number of carbonyl (C=O) groups is 2. The van der Waals surface area contributed by atoms with Crippen molar-refractivity contribution in [3.05, 3.63) is 29.8 Å². The second kappa shape index (κ2) is 14.9. The van der Waals surface area contributed by atoms with Crippen LogP contribution < -0.4 is 21.3 Å².